The van der Waals surface area contributed by atoms with Gasteiger partial charge in [0.1, 0.15) is 12.0 Å². The Balaban J connectivity index is 2.19. The van der Waals surface area contributed by atoms with Gasteiger partial charge in [-0.1, -0.05) is 15.9 Å². The summed E-state index contributed by atoms with van der Waals surface area (Å²) >= 11 is 3.13. The second-order valence-electron chi connectivity index (χ2n) is 3.72. The minimum absolute atomic E-state index is 0.0450. The van der Waals surface area contributed by atoms with Gasteiger partial charge in [0.05, 0.1) is 17.6 Å². The van der Waals surface area contributed by atoms with Crippen molar-refractivity contribution in [1.29, 1.82) is 0 Å². The van der Waals surface area contributed by atoms with E-state index in [1.807, 2.05) is 0 Å². The van der Waals surface area contributed by atoms with Crippen LogP contribution >= 0.6 is 15.9 Å². The minimum atomic E-state index is -0.642. The van der Waals surface area contributed by atoms with E-state index in [2.05, 4.69) is 20.9 Å². The van der Waals surface area contributed by atoms with Crippen LogP contribution in [-0.4, -0.2) is 22.5 Å². The Morgan fingerprint density at radius 1 is 1.48 bits per heavy atom. The summed E-state index contributed by atoms with van der Waals surface area (Å²) in [6.07, 6.45) is 0.866. The van der Waals surface area contributed by atoms with E-state index >= 15 is 0 Å². The van der Waals surface area contributed by atoms with Crippen LogP contribution in [0.4, 0.5) is 5.69 Å². The van der Waals surface area contributed by atoms with E-state index in [0.29, 0.717) is 4.47 Å². The lowest BCUT2D eigenvalue weighted by molar-refractivity contribution is -0.385. The summed E-state index contributed by atoms with van der Waals surface area (Å²) in [5.41, 5.74) is -0.201. The summed E-state index contributed by atoms with van der Waals surface area (Å²) in [7, 11) is 0. The van der Waals surface area contributed by atoms with Gasteiger partial charge in [-0.25, -0.2) is 4.79 Å². The van der Waals surface area contributed by atoms with Crippen molar-refractivity contribution in [2.24, 2.45) is 0 Å². The molecular weight excluding hydrogens is 348 g/mol. The summed E-state index contributed by atoms with van der Waals surface area (Å²) in [6, 6.07) is 4.03. The second-order valence-corrected chi connectivity index (χ2v) is 4.64. The lowest BCUT2D eigenvalue weighted by Gasteiger charge is -2.01. The molecule has 1 aromatic heterocycles. The van der Waals surface area contributed by atoms with Crippen molar-refractivity contribution in [2.75, 3.05) is 6.61 Å². The molecule has 0 fully saturated rings. The monoisotopic (exact) mass is 356 g/mol. The van der Waals surface area contributed by atoms with Gasteiger partial charge in [-0.15, -0.1) is 0 Å². The van der Waals surface area contributed by atoms with Gasteiger partial charge in [0.2, 0.25) is 0 Å². The molecule has 1 heterocycles. The molecule has 8 nitrogen and oxygen atoms in total. The highest BCUT2D eigenvalue weighted by molar-refractivity contribution is 9.10. The van der Waals surface area contributed by atoms with Crippen molar-refractivity contribution < 1.29 is 23.6 Å². The van der Waals surface area contributed by atoms with E-state index in [9.17, 15) is 14.9 Å². The number of halogens is 1. The molecular formula is C12H9BrN2O6. The number of ether oxygens (including phenoxy) is 2. The van der Waals surface area contributed by atoms with E-state index in [1.165, 1.54) is 18.2 Å². The fourth-order valence-corrected chi connectivity index (χ4v) is 1.88. The largest absolute Gasteiger partial charge is 0.461 e. The van der Waals surface area contributed by atoms with Crippen molar-refractivity contribution in [3.63, 3.8) is 0 Å². The summed E-state index contributed by atoms with van der Waals surface area (Å²) in [4.78, 5) is 25.4. The number of nitro benzene ring substituents is 1. The lowest BCUT2D eigenvalue weighted by atomic mass is 10.3. The predicted octanol–water partition coefficient (Wildman–Crippen LogP) is 3.31. The van der Waals surface area contributed by atoms with Crippen molar-refractivity contribution in [1.82, 2.24) is 4.98 Å². The molecule has 21 heavy (non-hydrogen) atoms. The van der Waals surface area contributed by atoms with Gasteiger partial charge in [-0.05, 0) is 13.0 Å². The van der Waals surface area contributed by atoms with Gasteiger partial charge in [0.25, 0.3) is 5.69 Å². The highest BCUT2D eigenvalue weighted by atomic mass is 79.9. The Morgan fingerprint density at radius 3 is 2.90 bits per heavy atom. The maximum atomic E-state index is 11.4. The van der Waals surface area contributed by atoms with Crippen molar-refractivity contribution >= 4 is 27.6 Å². The Morgan fingerprint density at radius 2 is 2.24 bits per heavy atom. The molecule has 0 saturated carbocycles. The third-order valence-corrected chi connectivity index (χ3v) is 2.70. The number of rotatable bonds is 5. The van der Waals surface area contributed by atoms with Crippen LogP contribution in [0, 0.1) is 10.1 Å². The number of benzene rings is 1. The number of hydrogen-bond donors (Lipinski definition) is 0. The highest BCUT2D eigenvalue weighted by Gasteiger charge is 2.16. The van der Waals surface area contributed by atoms with Crippen LogP contribution in [-0.2, 0) is 4.74 Å². The van der Waals surface area contributed by atoms with E-state index in [4.69, 9.17) is 13.9 Å². The quantitative estimate of drug-likeness (QED) is 0.459. The summed E-state index contributed by atoms with van der Waals surface area (Å²) < 4.78 is 15.4. The molecule has 0 aliphatic carbocycles. The van der Waals surface area contributed by atoms with Crippen LogP contribution in [0.25, 0.3) is 0 Å². The van der Waals surface area contributed by atoms with Gasteiger partial charge >= 0.3 is 12.0 Å². The number of nitrogens with zero attached hydrogens (tertiary/aromatic N) is 2. The number of carbonyl (C=O) groups excluding carboxylic acids is 1. The van der Waals surface area contributed by atoms with Crippen LogP contribution in [0.5, 0.6) is 11.8 Å². The van der Waals surface area contributed by atoms with E-state index < -0.39 is 10.9 Å². The zero-order valence-corrected chi connectivity index (χ0v) is 12.3. The lowest BCUT2D eigenvalue weighted by Crippen LogP contribution is -2.04. The van der Waals surface area contributed by atoms with Crippen LogP contribution in [0.1, 0.15) is 17.4 Å². The average Bonchev–Trinajstić information content (AvgIpc) is 2.87. The first-order valence-corrected chi connectivity index (χ1v) is 6.54. The van der Waals surface area contributed by atoms with Gasteiger partial charge in [-0.2, -0.15) is 4.98 Å². The number of esters is 1. The van der Waals surface area contributed by atoms with E-state index in [0.717, 1.165) is 6.26 Å². The fourth-order valence-electron chi connectivity index (χ4n) is 1.42. The van der Waals surface area contributed by atoms with Crippen LogP contribution in [0.2, 0.25) is 0 Å². The van der Waals surface area contributed by atoms with Gasteiger partial charge < -0.3 is 13.9 Å². The second kappa shape index (κ2) is 6.35. The number of aromatic nitrogens is 1. The molecule has 0 amide bonds. The minimum Gasteiger partial charge on any atom is -0.461 e. The van der Waals surface area contributed by atoms with Crippen LogP contribution in [0.3, 0.4) is 0 Å². The Hall–Kier alpha value is -2.42. The van der Waals surface area contributed by atoms with Crippen molar-refractivity contribution in [3.8, 4) is 11.8 Å². The number of nitro groups is 1. The molecule has 0 atom stereocenters. The zero-order valence-electron chi connectivity index (χ0n) is 10.7. The predicted molar refractivity (Wildman–Crippen MR) is 73.3 cm³/mol. The topological polar surface area (TPSA) is 105 Å². The number of oxazole rings is 1. The number of hydrogen-bond acceptors (Lipinski definition) is 7. The average molecular weight is 357 g/mol. The van der Waals surface area contributed by atoms with Crippen LogP contribution in [0.15, 0.2) is 33.4 Å². The van der Waals surface area contributed by atoms with E-state index in [-0.39, 0.29) is 29.8 Å². The first-order chi connectivity index (χ1) is 9.99. The maximum absolute atomic E-state index is 11.4. The van der Waals surface area contributed by atoms with Crippen LogP contribution < -0.4 is 4.74 Å². The molecule has 0 unspecified atom stereocenters. The normalized spacial score (nSPS) is 10.2. The molecule has 0 spiro atoms. The molecule has 9 heteroatoms. The molecule has 0 aliphatic heterocycles. The molecule has 2 rings (SSSR count). The molecule has 1 aromatic carbocycles. The SMILES string of the molecule is CCOC(=O)c1coc(Oc2cc(Br)cc([N+](=O)[O-])c2)n1. The Bertz CT molecular complexity index is 684. The molecule has 0 N–H and O–H groups in total. The summed E-state index contributed by atoms with van der Waals surface area (Å²) in [5.74, 6) is -0.496. The Labute approximate surface area is 127 Å². The van der Waals surface area contributed by atoms with Crippen molar-refractivity contribution in [3.05, 3.63) is 44.7 Å². The smallest absolute Gasteiger partial charge is 0.399 e. The first-order valence-electron chi connectivity index (χ1n) is 5.75. The van der Waals surface area contributed by atoms with Crippen molar-refractivity contribution in [2.45, 2.75) is 6.92 Å². The Kier molecular flexibility index (Phi) is 4.53. The number of carbonyl (C=O) groups is 1. The fraction of sp³-hybridized carbons (Fsp3) is 0.167. The van der Waals surface area contributed by atoms with Gasteiger partial charge in [0, 0.05) is 10.5 Å². The molecule has 0 aliphatic rings. The third-order valence-electron chi connectivity index (χ3n) is 2.24. The zero-order chi connectivity index (χ0) is 15.4. The molecule has 0 radical (unpaired) electrons. The molecule has 110 valence electrons. The summed E-state index contributed by atoms with van der Waals surface area (Å²) in [6.45, 7) is 1.87. The number of non-ortho nitro benzene ring substituents is 1. The third kappa shape index (κ3) is 3.78. The molecule has 0 saturated heterocycles. The first kappa shape index (κ1) is 15.0. The standard InChI is InChI=1S/C12H9BrN2O6/c1-2-19-11(16)10-6-20-12(14-10)21-9-4-7(13)3-8(5-9)15(17)18/h3-6H,2H2,1H3. The molecule has 0 bridgehead atoms. The van der Waals surface area contributed by atoms with Gasteiger partial charge in [-0.3, -0.25) is 10.1 Å². The maximum Gasteiger partial charge on any atom is 0.399 e. The highest BCUT2D eigenvalue weighted by Crippen LogP contribution is 2.29. The summed E-state index contributed by atoms with van der Waals surface area (Å²) in [5, 5.41) is 10.8. The molecule has 2 aromatic rings. The van der Waals surface area contributed by atoms with Gasteiger partial charge in [0.15, 0.2) is 5.69 Å². The van der Waals surface area contributed by atoms with E-state index in [1.54, 1.807) is 6.92 Å².